The Balaban J connectivity index is 1.35. The van der Waals surface area contributed by atoms with E-state index in [0.29, 0.717) is 29.6 Å². The van der Waals surface area contributed by atoms with Crippen molar-refractivity contribution in [3.63, 3.8) is 0 Å². The predicted molar refractivity (Wildman–Crippen MR) is 174 cm³/mol. The number of aromatic amines is 1. The molecule has 0 saturated carbocycles. The number of nitrogen functional groups attached to an aromatic ring is 1. The highest BCUT2D eigenvalue weighted by Crippen LogP contribution is 2.33. The molecule has 3 aromatic carbocycles. The number of hydrogen-bond donors (Lipinski definition) is 3. The number of carboxylic acid groups (broad SMARTS) is 1. The molecule has 0 atom stereocenters. The van der Waals surface area contributed by atoms with Crippen molar-refractivity contribution >= 4 is 55.2 Å². The van der Waals surface area contributed by atoms with E-state index in [0.717, 1.165) is 37.5 Å². The van der Waals surface area contributed by atoms with Gasteiger partial charge in [-0.05, 0) is 79.9 Å². The van der Waals surface area contributed by atoms with Crippen LogP contribution in [0.5, 0.6) is 0 Å². The van der Waals surface area contributed by atoms with E-state index in [1.54, 1.807) is 36.4 Å². The van der Waals surface area contributed by atoms with Crippen molar-refractivity contribution in [3.05, 3.63) is 107 Å². The summed E-state index contributed by atoms with van der Waals surface area (Å²) in [6.45, 7) is 4.32. The van der Waals surface area contributed by atoms with Crippen LogP contribution in [0.25, 0.3) is 33.2 Å². The minimum atomic E-state index is -4.23. The Labute approximate surface area is 263 Å². The van der Waals surface area contributed by atoms with Crippen molar-refractivity contribution in [2.24, 2.45) is 0 Å². The van der Waals surface area contributed by atoms with E-state index in [-0.39, 0.29) is 28.5 Å². The fourth-order valence-electron chi connectivity index (χ4n) is 5.86. The Morgan fingerprint density at radius 3 is 2.50 bits per heavy atom. The number of aryl methyl sites for hydroxylation is 2. The van der Waals surface area contributed by atoms with Gasteiger partial charge in [0.25, 0.3) is 10.0 Å². The number of carbonyl (C=O) groups is 2. The van der Waals surface area contributed by atoms with Crippen LogP contribution in [0.2, 0.25) is 0 Å². The first-order valence-corrected chi connectivity index (χ1v) is 16.0. The average molecular weight is 636 g/mol. The molecule has 232 valence electrons. The van der Waals surface area contributed by atoms with Crippen molar-refractivity contribution < 1.29 is 23.1 Å². The highest BCUT2D eigenvalue weighted by atomic mass is 32.2. The van der Waals surface area contributed by atoms with Gasteiger partial charge in [-0.25, -0.2) is 26.9 Å². The minimum absolute atomic E-state index is 0.0318. The quantitative estimate of drug-likeness (QED) is 0.211. The molecule has 0 spiro atoms. The second-order valence-electron chi connectivity index (χ2n) is 11.3. The standard InChI is InChI=1S/C33H29N7O5S/c1-19-3-7-25(8-4-19)46(44,45)40-29-10-5-22(21-11-13-38(14-12-21)33(42)43)15-23(29)16-30(40)31(41)26-18-35-39(32(26)34)24-6-9-27-28(17-24)37-20(2)36-27/h3-11,15-18H,12-14,34H2,1-2H3,(H,36,37)(H,42,43). The Morgan fingerprint density at radius 1 is 1.00 bits per heavy atom. The molecule has 0 fully saturated rings. The van der Waals surface area contributed by atoms with Crippen LogP contribution in [0.15, 0.2) is 83.9 Å². The summed E-state index contributed by atoms with van der Waals surface area (Å²) in [4.78, 5) is 34.5. The summed E-state index contributed by atoms with van der Waals surface area (Å²) < 4.78 is 30.9. The fourth-order valence-corrected chi connectivity index (χ4v) is 7.37. The van der Waals surface area contributed by atoms with Crippen LogP contribution in [0.1, 0.15) is 39.4 Å². The molecule has 0 unspecified atom stereocenters. The lowest BCUT2D eigenvalue weighted by Gasteiger charge is -2.23. The number of rotatable bonds is 6. The van der Waals surface area contributed by atoms with Gasteiger partial charge in [-0.1, -0.05) is 29.8 Å². The summed E-state index contributed by atoms with van der Waals surface area (Å²) in [6.07, 6.45) is 2.72. The zero-order chi connectivity index (χ0) is 32.3. The molecular weight excluding hydrogens is 606 g/mol. The van der Waals surface area contributed by atoms with Crippen LogP contribution in [-0.4, -0.2) is 67.1 Å². The van der Waals surface area contributed by atoms with Crippen molar-refractivity contribution in [1.82, 2.24) is 28.6 Å². The Morgan fingerprint density at radius 2 is 1.78 bits per heavy atom. The van der Waals surface area contributed by atoms with E-state index < -0.39 is 21.9 Å². The molecular formula is C33H29N7O5S. The number of H-pyrrole nitrogens is 1. The number of ketones is 1. The molecule has 1 aliphatic rings. The van der Waals surface area contributed by atoms with Gasteiger partial charge >= 0.3 is 6.09 Å². The summed E-state index contributed by atoms with van der Waals surface area (Å²) in [5.41, 5.74) is 11.6. The normalized spacial score (nSPS) is 13.8. The third-order valence-corrected chi connectivity index (χ3v) is 10.0. The first-order chi connectivity index (χ1) is 22.0. The molecule has 0 aliphatic carbocycles. The lowest BCUT2D eigenvalue weighted by atomic mass is 9.98. The highest BCUT2D eigenvalue weighted by Gasteiger charge is 2.30. The number of carbonyl (C=O) groups excluding carboxylic acids is 1. The number of fused-ring (bicyclic) bond motifs is 2. The first kappa shape index (κ1) is 29.0. The molecule has 0 radical (unpaired) electrons. The van der Waals surface area contributed by atoms with Gasteiger partial charge in [0, 0.05) is 18.5 Å². The molecule has 12 nitrogen and oxygen atoms in total. The summed E-state index contributed by atoms with van der Waals surface area (Å²) >= 11 is 0. The van der Waals surface area contributed by atoms with Crippen molar-refractivity contribution in [2.45, 2.75) is 25.2 Å². The van der Waals surface area contributed by atoms with Crippen LogP contribution in [0.3, 0.4) is 0 Å². The molecule has 6 aromatic rings. The van der Waals surface area contributed by atoms with Crippen LogP contribution < -0.4 is 5.73 Å². The average Bonchev–Trinajstić information content (AvgIpc) is 3.74. The van der Waals surface area contributed by atoms with Crippen LogP contribution in [-0.2, 0) is 10.0 Å². The van der Waals surface area contributed by atoms with Gasteiger partial charge in [-0.2, -0.15) is 5.10 Å². The first-order valence-electron chi connectivity index (χ1n) is 14.5. The number of amides is 1. The van der Waals surface area contributed by atoms with E-state index in [1.165, 1.54) is 27.9 Å². The zero-order valence-electron chi connectivity index (χ0n) is 24.9. The number of aromatic nitrogens is 5. The number of nitrogens with two attached hydrogens (primary N) is 1. The predicted octanol–water partition coefficient (Wildman–Crippen LogP) is 5.14. The van der Waals surface area contributed by atoms with Crippen molar-refractivity contribution in [2.75, 3.05) is 18.8 Å². The minimum Gasteiger partial charge on any atom is -0.465 e. The van der Waals surface area contributed by atoms with Gasteiger partial charge < -0.3 is 20.7 Å². The van der Waals surface area contributed by atoms with Crippen LogP contribution in [0, 0.1) is 13.8 Å². The number of hydrogen-bond acceptors (Lipinski definition) is 7. The smallest absolute Gasteiger partial charge is 0.407 e. The molecule has 4 N–H and O–H groups in total. The molecule has 13 heteroatoms. The largest absolute Gasteiger partial charge is 0.465 e. The van der Waals surface area contributed by atoms with Gasteiger partial charge in [0.2, 0.25) is 5.78 Å². The Bertz CT molecular complexity index is 2350. The summed E-state index contributed by atoms with van der Waals surface area (Å²) in [6, 6.07) is 18.7. The number of benzene rings is 3. The maximum atomic E-state index is 14.2. The Kier molecular flexibility index (Phi) is 6.78. The molecule has 46 heavy (non-hydrogen) atoms. The Hall–Kier alpha value is -5.69. The second kappa shape index (κ2) is 10.7. The number of nitrogens with zero attached hydrogens (tertiary/aromatic N) is 5. The maximum Gasteiger partial charge on any atom is 0.407 e. The molecule has 0 bridgehead atoms. The summed E-state index contributed by atoms with van der Waals surface area (Å²) in [5, 5.41) is 14.2. The topological polar surface area (TPSA) is 169 Å². The third-order valence-electron chi connectivity index (χ3n) is 8.28. The highest BCUT2D eigenvalue weighted by molar-refractivity contribution is 7.90. The monoisotopic (exact) mass is 635 g/mol. The van der Waals surface area contributed by atoms with Crippen molar-refractivity contribution in [1.29, 1.82) is 0 Å². The lowest BCUT2D eigenvalue weighted by molar-refractivity contribution is 0.103. The molecule has 3 aromatic heterocycles. The van der Waals surface area contributed by atoms with E-state index in [4.69, 9.17) is 5.73 Å². The summed E-state index contributed by atoms with van der Waals surface area (Å²) in [5.74, 6) is 0.204. The number of anilines is 1. The second-order valence-corrected chi connectivity index (χ2v) is 13.1. The number of imidazole rings is 1. The molecule has 1 amide bonds. The SMILES string of the molecule is Cc1ccc(S(=O)(=O)n2c(C(=O)c3cnn(-c4ccc5nc(C)[nH]c5c4)c3N)cc3cc(C4=CCN(C(=O)O)CC4)ccc32)cc1. The fraction of sp³-hybridized carbons (Fsp3) is 0.152. The van der Waals surface area contributed by atoms with Crippen molar-refractivity contribution in [3.8, 4) is 5.69 Å². The molecule has 0 saturated heterocycles. The van der Waals surface area contributed by atoms with Crippen LogP contribution >= 0.6 is 0 Å². The van der Waals surface area contributed by atoms with Crippen LogP contribution in [0.4, 0.5) is 10.6 Å². The number of nitrogens with one attached hydrogen (secondary N) is 1. The van der Waals surface area contributed by atoms with E-state index in [2.05, 4.69) is 15.1 Å². The van der Waals surface area contributed by atoms with E-state index >= 15 is 0 Å². The molecule has 7 rings (SSSR count). The zero-order valence-corrected chi connectivity index (χ0v) is 25.7. The van der Waals surface area contributed by atoms with E-state index in [1.807, 2.05) is 38.1 Å². The maximum absolute atomic E-state index is 14.2. The van der Waals surface area contributed by atoms with Gasteiger partial charge in [0.15, 0.2) is 0 Å². The molecule has 4 heterocycles. The summed E-state index contributed by atoms with van der Waals surface area (Å²) in [7, 11) is -4.23. The van der Waals surface area contributed by atoms with Gasteiger partial charge in [-0.3, -0.25) is 4.79 Å². The van der Waals surface area contributed by atoms with E-state index in [9.17, 15) is 23.1 Å². The lowest BCUT2D eigenvalue weighted by Crippen LogP contribution is -2.33. The van der Waals surface area contributed by atoms with Gasteiger partial charge in [0.05, 0.1) is 38.9 Å². The third kappa shape index (κ3) is 4.81. The molecule has 1 aliphatic heterocycles. The van der Waals surface area contributed by atoms with Gasteiger partial charge in [0.1, 0.15) is 17.3 Å². The van der Waals surface area contributed by atoms with Gasteiger partial charge in [-0.15, -0.1) is 0 Å².